The number of carbonyl (C=O) groups is 1. The van der Waals surface area contributed by atoms with Crippen molar-refractivity contribution in [2.75, 3.05) is 30.9 Å². The van der Waals surface area contributed by atoms with Crippen molar-refractivity contribution in [1.82, 2.24) is 0 Å². The lowest BCUT2D eigenvalue weighted by Crippen LogP contribution is -2.24. The maximum Gasteiger partial charge on any atom is 0.250 e. The molecule has 106 valence electrons. The van der Waals surface area contributed by atoms with E-state index in [-0.39, 0.29) is 18.6 Å². The molecule has 19 heavy (non-hydrogen) atoms. The molecule has 1 atom stereocenters. The summed E-state index contributed by atoms with van der Waals surface area (Å²) in [5.74, 6) is -0.214. The first-order valence-electron chi connectivity index (χ1n) is 6.07. The van der Waals surface area contributed by atoms with Crippen LogP contribution in [0.3, 0.4) is 0 Å². The van der Waals surface area contributed by atoms with Crippen LogP contribution in [0.5, 0.6) is 0 Å². The molecule has 0 bridgehead atoms. The van der Waals surface area contributed by atoms with E-state index in [0.717, 1.165) is 4.47 Å². The van der Waals surface area contributed by atoms with Crippen molar-refractivity contribution < 1.29 is 14.3 Å². The van der Waals surface area contributed by atoms with Gasteiger partial charge in [0.25, 0.3) is 0 Å². The zero-order valence-corrected chi connectivity index (χ0v) is 12.7. The molecule has 1 rings (SSSR count). The number of rotatable bonds is 7. The third-order valence-electron chi connectivity index (χ3n) is 2.32. The van der Waals surface area contributed by atoms with Crippen LogP contribution in [0.4, 0.5) is 11.4 Å². The smallest absolute Gasteiger partial charge is 0.250 e. The third kappa shape index (κ3) is 6.04. The monoisotopic (exact) mass is 330 g/mol. The topological polar surface area (TPSA) is 73.6 Å². The SMILES string of the molecule is CCOCC(C)OCC(=O)Nc1ccc(N)cc1Br. The van der Waals surface area contributed by atoms with E-state index in [0.29, 0.717) is 24.6 Å². The first-order valence-corrected chi connectivity index (χ1v) is 6.86. The zero-order chi connectivity index (χ0) is 14.3. The van der Waals surface area contributed by atoms with Crippen LogP contribution >= 0.6 is 15.9 Å². The van der Waals surface area contributed by atoms with Gasteiger partial charge in [0.2, 0.25) is 5.91 Å². The summed E-state index contributed by atoms with van der Waals surface area (Å²) in [7, 11) is 0. The molecule has 0 heterocycles. The Balaban J connectivity index is 2.38. The van der Waals surface area contributed by atoms with Gasteiger partial charge in [0.15, 0.2) is 0 Å². The summed E-state index contributed by atoms with van der Waals surface area (Å²) in [6.45, 7) is 4.89. The molecular weight excluding hydrogens is 312 g/mol. The zero-order valence-electron chi connectivity index (χ0n) is 11.1. The fourth-order valence-electron chi connectivity index (χ4n) is 1.37. The minimum absolute atomic E-state index is 0.00887. The van der Waals surface area contributed by atoms with Crippen molar-refractivity contribution >= 4 is 33.2 Å². The molecule has 0 aliphatic rings. The van der Waals surface area contributed by atoms with E-state index < -0.39 is 0 Å². The van der Waals surface area contributed by atoms with E-state index in [9.17, 15) is 4.79 Å². The predicted molar refractivity (Wildman–Crippen MR) is 79.1 cm³/mol. The Hall–Kier alpha value is -1.11. The van der Waals surface area contributed by atoms with Gasteiger partial charge in [0.05, 0.1) is 18.4 Å². The van der Waals surface area contributed by atoms with Crippen LogP contribution in [0.1, 0.15) is 13.8 Å². The largest absolute Gasteiger partial charge is 0.399 e. The van der Waals surface area contributed by atoms with Crippen LogP contribution in [0.15, 0.2) is 22.7 Å². The molecule has 3 N–H and O–H groups in total. The number of carbonyl (C=O) groups excluding carboxylic acids is 1. The summed E-state index contributed by atoms with van der Waals surface area (Å²) in [5.41, 5.74) is 6.92. The summed E-state index contributed by atoms with van der Waals surface area (Å²) in [4.78, 5) is 11.7. The minimum Gasteiger partial charge on any atom is -0.399 e. The van der Waals surface area contributed by atoms with Crippen LogP contribution in [-0.4, -0.2) is 31.8 Å². The summed E-state index contributed by atoms with van der Waals surface area (Å²) in [6.07, 6.45) is -0.111. The Morgan fingerprint density at radius 2 is 2.26 bits per heavy atom. The highest BCUT2D eigenvalue weighted by Crippen LogP contribution is 2.24. The highest BCUT2D eigenvalue weighted by molar-refractivity contribution is 9.10. The number of hydrogen-bond acceptors (Lipinski definition) is 4. The second kappa shape index (κ2) is 8.14. The summed E-state index contributed by atoms with van der Waals surface area (Å²) < 4.78 is 11.3. The third-order valence-corrected chi connectivity index (χ3v) is 2.98. The van der Waals surface area contributed by atoms with Crippen molar-refractivity contribution in [3.05, 3.63) is 22.7 Å². The predicted octanol–water partition coefficient (Wildman–Crippen LogP) is 2.41. The van der Waals surface area contributed by atoms with Gasteiger partial charge < -0.3 is 20.5 Å². The van der Waals surface area contributed by atoms with Gasteiger partial charge in [0, 0.05) is 16.8 Å². The molecule has 6 heteroatoms. The average molecular weight is 331 g/mol. The Labute approximate surface area is 121 Å². The first-order chi connectivity index (χ1) is 9.02. The van der Waals surface area contributed by atoms with Crippen molar-refractivity contribution in [2.24, 2.45) is 0 Å². The fraction of sp³-hybridized carbons (Fsp3) is 0.462. The van der Waals surface area contributed by atoms with E-state index in [1.54, 1.807) is 18.2 Å². The number of anilines is 2. The van der Waals surface area contributed by atoms with Gasteiger partial charge in [-0.3, -0.25) is 4.79 Å². The van der Waals surface area contributed by atoms with E-state index in [4.69, 9.17) is 15.2 Å². The number of benzene rings is 1. The molecule has 0 saturated heterocycles. The van der Waals surface area contributed by atoms with Gasteiger partial charge >= 0.3 is 0 Å². The van der Waals surface area contributed by atoms with Crippen LogP contribution < -0.4 is 11.1 Å². The second-order valence-corrected chi connectivity index (χ2v) is 4.92. The number of halogens is 1. The fourth-order valence-corrected chi connectivity index (χ4v) is 1.86. The second-order valence-electron chi connectivity index (χ2n) is 4.07. The van der Waals surface area contributed by atoms with E-state index in [2.05, 4.69) is 21.2 Å². The molecule has 5 nitrogen and oxygen atoms in total. The Morgan fingerprint density at radius 1 is 1.53 bits per heavy atom. The molecule has 0 aliphatic carbocycles. The van der Waals surface area contributed by atoms with E-state index in [1.807, 2.05) is 13.8 Å². The molecule has 0 fully saturated rings. The lowest BCUT2D eigenvalue weighted by Gasteiger charge is -2.13. The van der Waals surface area contributed by atoms with Gasteiger partial charge in [-0.15, -0.1) is 0 Å². The number of nitrogens with one attached hydrogen (secondary N) is 1. The number of hydrogen-bond donors (Lipinski definition) is 2. The van der Waals surface area contributed by atoms with Gasteiger partial charge in [-0.2, -0.15) is 0 Å². The van der Waals surface area contributed by atoms with E-state index >= 15 is 0 Å². The van der Waals surface area contributed by atoms with E-state index in [1.165, 1.54) is 0 Å². The van der Waals surface area contributed by atoms with Crippen LogP contribution in [-0.2, 0) is 14.3 Å². The molecular formula is C13H19BrN2O3. The number of nitrogens with two attached hydrogens (primary N) is 1. The van der Waals surface area contributed by atoms with Gasteiger partial charge in [-0.05, 0) is 48.0 Å². The molecule has 1 unspecified atom stereocenters. The van der Waals surface area contributed by atoms with Crippen LogP contribution in [0, 0.1) is 0 Å². The Bertz CT molecular complexity index is 426. The molecule has 1 aromatic carbocycles. The number of ether oxygens (including phenoxy) is 2. The van der Waals surface area contributed by atoms with Crippen molar-refractivity contribution in [2.45, 2.75) is 20.0 Å². The lowest BCUT2D eigenvalue weighted by molar-refractivity contribution is -0.123. The minimum atomic E-state index is -0.214. The van der Waals surface area contributed by atoms with Crippen LogP contribution in [0.25, 0.3) is 0 Å². The van der Waals surface area contributed by atoms with Crippen molar-refractivity contribution in [1.29, 1.82) is 0 Å². The summed E-state index contributed by atoms with van der Waals surface area (Å²) in [6, 6.07) is 5.19. The molecule has 0 aromatic heterocycles. The van der Waals surface area contributed by atoms with Gasteiger partial charge in [0.1, 0.15) is 6.61 Å². The summed E-state index contributed by atoms with van der Waals surface area (Å²) >= 11 is 3.33. The quantitative estimate of drug-likeness (QED) is 0.753. The molecule has 1 amide bonds. The summed E-state index contributed by atoms with van der Waals surface area (Å²) in [5, 5.41) is 2.74. The molecule has 0 radical (unpaired) electrons. The Kier molecular flexibility index (Phi) is 6.83. The lowest BCUT2D eigenvalue weighted by atomic mass is 10.3. The molecule has 1 aromatic rings. The maximum absolute atomic E-state index is 11.7. The van der Waals surface area contributed by atoms with Crippen molar-refractivity contribution in [3.63, 3.8) is 0 Å². The standard InChI is InChI=1S/C13H19BrN2O3/c1-3-18-7-9(2)19-8-13(17)16-12-5-4-10(15)6-11(12)14/h4-6,9H,3,7-8,15H2,1-2H3,(H,16,17). The Morgan fingerprint density at radius 3 is 2.89 bits per heavy atom. The molecule has 0 aliphatic heterocycles. The van der Waals surface area contributed by atoms with Crippen LogP contribution in [0.2, 0.25) is 0 Å². The van der Waals surface area contributed by atoms with Gasteiger partial charge in [-0.25, -0.2) is 0 Å². The normalized spacial score (nSPS) is 12.2. The average Bonchev–Trinajstić information content (AvgIpc) is 2.37. The number of amides is 1. The molecule has 0 spiro atoms. The van der Waals surface area contributed by atoms with Gasteiger partial charge in [-0.1, -0.05) is 0 Å². The first kappa shape index (κ1) is 15.9. The highest BCUT2D eigenvalue weighted by Gasteiger charge is 2.09. The maximum atomic E-state index is 11.7. The highest BCUT2D eigenvalue weighted by atomic mass is 79.9. The number of nitrogen functional groups attached to an aromatic ring is 1. The molecule has 0 saturated carbocycles. The van der Waals surface area contributed by atoms with Crippen molar-refractivity contribution in [3.8, 4) is 0 Å².